The molecule has 3 rings (SSSR count). The average molecular weight is 296 g/mol. The highest BCUT2D eigenvalue weighted by Crippen LogP contribution is 2.31. The zero-order valence-corrected chi connectivity index (χ0v) is 12.6. The molecule has 1 aliphatic carbocycles. The van der Waals surface area contributed by atoms with E-state index in [4.69, 9.17) is 11.6 Å². The third-order valence-electron chi connectivity index (χ3n) is 3.76. The van der Waals surface area contributed by atoms with Gasteiger partial charge in [-0.3, -0.25) is 0 Å². The van der Waals surface area contributed by atoms with Crippen LogP contribution in [0.15, 0.2) is 12.4 Å². The number of halogens is 1. The van der Waals surface area contributed by atoms with Crippen LogP contribution in [0.3, 0.4) is 0 Å². The van der Waals surface area contributed by atoms with Crippen molar-refractivity contribution < 1.29 is 0 Å². The highest BCUT2D eigenvalue weighted by Gasteiger charge is 2.22. The van der Waals surface area contributed by atoms with Gasteiger partial charge in [0.05, 0.1) is 5.39 Å². The Kier molecular flexibility index (Phi) is 3.89. The van der Waals surface area contributed by atoms with Gasteiger partial charge in [-0.25, -0.2) is 9.97 Å². The predicted octanol–water partition coefficient (Wildman–Crippen LogP) is 4.07. The van der Waals surface area contributed by atoms with Crippen molar-refractivity contribution in [3.63, 3.8) is 0 Å². The molecule has 0 aliphatic heterocycles. The van der Waals surface area contributed by atoms with Gasteiger partial charge in [-0.1, -0.05) is 6.92 Å². The molecule has 1 aliphatic rings. The minimum atomic E-state index is 0.366. The Morgan fingerprint density at radius 2 is 2.32 bits per heavy atom. The zero-order chi connectivity index (χ0) is 13.2. The maximum atomic E-state index is 6.15. The number of hydrogen-bond acceptors (Lipinski definition) is 4. The van der Waals surface area contributed by atoms with E-state index in [1.807, 2.05) is 0 Å². The van der Waals surface area contributed by atoms with E-state index in [1.165, 1.54) is 11.3 Å². The molecule has 0 bridgehead atoms. The minimum Gasteiger partial charge on any atom is -0.369 e. The van der Waals surface area contributed by atoms with Crippen molar-refractivity contribution in [1.82, 2.24) is 9.97 Å². The number of rotatable bonds is 4. The normalized spacial score (nSPS) is 23.1. The van der Waals surface area contributed by atoms with Crippen LogP contribution >= 0.6 is 22.9 Å². The van der Waals surface area contributed by atoms with Crippen molar-refractivity contribution in [2.45, 2.75) is 38.0 Å². The number of aryl methyl sites for hydroxylation is 1. The first-order valence-corrected chi connectivity index (χ1v) is 8.13. The summed E-state index contributed by atoms with van der Waals surface area (Å²) < 4.78 is 0. The van der Waals surface area contributed by atoms with Gasteiger partial charge in [-0.05, 0) is 37.7 Å². The molecule has 0 aromatic carbocycles. The summed E-state index contributed by atoms with van der Waals surface area (Å²) in [4.78, 5) is 11.2. The first kappa shape index (κ1) is 13.1. The molecule has 2 heterocycles. The fourth-order valence-corrected chi connectivity index (χ4v) is 3.97. The van der Waals surface area contributed by atoms with Gasteiger partial charge in [0.25, 0.3) is 0 Å². The second-order valence-electron chi connectivity index (χ2n) is 5.16. The maximum Gasteiger partial charge on any atom is 0.138 e. The van der Waals surface area contributed by atoms with Gasteiger partial charge in [0, 0.05) is 16.8 Å². The minimum absolute atomic E-state index is 0.366. The number of hydrogen-bond donors (Lipinski definition) is 1. The van der Waals surface area contributed by atoms with Crippen LogP contribution in [0.1, 0.15) is 31.1 Å². The van der Waals surface area contributed by atoms with Gasteiger partial charge >= 0.3 is 0 Å². The van der Waals surface area contributed by atoms with E-state index < -0.39 is 0 Å². The summed E-state index contributed by atoms with van der Waals surface area (Å²) in [5.41, 5.74) is 0. The lowest BCUT2D eigenvalue weighted by Crippen LogP contribution is -2.12. The Labute approximate surface area is 122 Å². The molecule has 1 fully saturated rings. The van der Waals surface area contributed by atoms with Crippen molar-refractivity contribution >= 4 is 39.0 Å². The fraction of sp³-hybridized carbons (Fsp3) is 0.571. The Morgan fingerprint density at radius 1 is 1.42 bits per heavy atom. The van der Waals surface area contributed by atoms with Gasteiger partial charge in [0.15, 0.2) is 0 Å². The third kappa shape index (κ3) is 2.84. The lowest BCUT2D eigenvalue weighted by atomic mass is 10.1. The molecule has 0 saturated heterocycles. The van der Waals surface area contributed by atoms with E-state index in [-0.39, 0.29) is 0 Å². The van der Waals surface area contributed by atoms with Crippen LogP contribution in [0.25, 0.3) is 10.2 Å². The molecule has 0 radical (unpaired) electrons. The van der Waals surface area contributed by atoms with Gasteiger partial charge in [0.2, 0.25) is 0 Å². The Bertz CT molecular complexity index is 569. The molecule has 1 saturated carbocycles. The smallest absolute Gasteiger partial charge is 0.138 e. The van der Waals surface area contributed by atoms with Gasteiger partial charge in [-0.2, -0.15) is 0 Å². The number of fused-ring (bicyclic) bond motifs is 1. The van der Waals surface area contributed by atoms with E-state index in [1.54, 1.807) is 17.7 Å². The number of aromatic nitrogens is 2. The molecule has 2 aromatic rings. The summed E-state index contributed by atoms with van der Waals surface area (Å²) in [5.74, 6) is 1.65. The van der Waals surface area contributed by atoms with Crippen molar-refractivity contribution in [2.24, 2.45) is 5.92 Å². The van der Waals surface area contributed by atoms with Crippen LogP contribution < -0.4 is 5.32 Å². The van der Waals surface area contributed by atoms with E-state index in [0.29, 0.717) is 11.3 Å². The highest BCUT2D eigenvalue weighted by molar-refractivity contribution is 7.18. The van der Waals surface area contributed by atoms with Crippen molar-refractivity contribution in [3.05, 3.63) is 17.3 Å². The largest absolute Gasteiger partial charge is 0.369 e. The lowest BCUT2D eigenvalue weighted by molar-refractivity contribution is 0.580. The standard InChI is InChI=1S/C14H18ClN3S/c1-2-11-6-12-13(17-8-18-14(12)19-11)16-7-9-3-4-10(15)5-9/h6,8-10H,2-5,7H2,1H3,(H,16,17,18). The quantitative estimate of drug-likeness (QED) is 0.864. The van der Waals surface area contributed by atoms with E-state index in [0.717, 1.165) is 41.8 Å². The average Bonchev–Trinajstić information content (AvgIpc) is 3.02. The van der Waals surface area contributed by atoms with Crippen LogP contribution in [0.4, 0.5) is 5.82 Å². The molecule has 3 nitrogen and oxygen atoms in total. The summed E-state index contributed by atoms with van der Waals surface area (Å²) in [7, 11) is 0. The summed E-state index contributed by atoms with van der Waals surface area (Å²) >= 11 is 7.91. The third-order valence-corrected chi connectivity index (χ3v) is 5.35. The Hall–Kier alpha value is -0.870. The molecule has 5 heteroatoms. The molecule has 2 unspecified atom stereocenters. The van der Waals surface area contributed by atoms with Crippen LogP contribution in [-0.4, -0.2) is 21.9 Å². The van der Waals surface area contributed by atoms with Gasteiger partial charge in [-0.15, -0.1) is 22.9 Å². The van der Waals surface area contributed by atoms with Crippen molar-refractivity contribution in [1.29, 1.82) is 0 Å². The molecule has 2 aromatic heterocycles. The first-order valence-electron chi connectivity index (χ1n) is 6.87. The number of alkyl halides is 1. The number of nitrogens with one attached hydrogen (secondary N) is 1. The van der Waals surface area contributed by atoms with E-state index in [9.17, 15) is 0 Å². The van der Waals surface area contributed by atoms with Gasteiger partial charge < -0.3 is 5.32 Å². The van der Waals surface area contributed by atoms with Crippen LogP contribution in [0.2, 0.25) is 0 Å². The van der Waals surface area contributed by atoms with Crippen LogP contribution in [-0.2, 0) is 6.42 Å². The number of nitrogens with zero attached hydrogens (tertiary/aromatic N) is 2. The van der Waals surface area contributed by atoms with E-state index in [2.05, 4.69) is 28.3 Å². The number of anilines is 1. The molecule has 1 N–H and O–H groups in total. The second kappa shape index (κ2) is 5.63. The highest BCUT2D eigenvalue weighted by atomic mass is 35.5. The Morgan fingerprint density at radius 3 is 3.05 bits per heavy atom. The Balaban J connectivity index is 1.75. The molecule has 0 spiro atoms. The molecular formula is C14H18ClN3S. The summed E-state index contributed by atoms with van der Waals surface area (Å²) in [6, 6.07) is 2.21. The summed E-state index contributed by atoms with van der Waals surface area (Å²) in [6.07, 6.45) is 6.19. The van der Waals surface area contributed by atoms with Gasteiger partial charge in [0.1, 0.15) is 17.0 Å². The first-order chi connectivity index (χ1) is 9.26. The van der Waals surface area contributed by atoms with Crippen LogP contribution in [0, 0.1) is 5.92 Å². The monoisotopic (exact) mass is 295 g/mol. The van der Waals surface area contributed by atoms with Crippen molar-refractivity contribution in [2.75, 3.05) is 11.9 Å². The fourth-order valence-electron chi connectivity index (χ4n) is 2.66. The molecule has 2 atom stereocenters. The molecule has 19 heavy (non-hydrogen) atoms. The molecule has 0 amide bonds. The molecular weight excluding hydrogens is 278 g/mol. The van der Waals surface area contributed by atoms with E-state index >= 15 is 0 Å². The zero-order valence-electron chi connectivity index (χ0n) is 11.0. The lowest BCUT2D eigenvalue weighted by Gasteiger charge is -2.11. The molecule has 102 valence electrons. The number of thiophene rings is 1. The topological polar surface area (TPSA) is 37.8 Å². The second-order valence-corrected chi connectivity index (χ2v) is 6.90. The SMILES string of the molecule is CCc1cc2c(NCC3CCC(Cl)C3)ncnc2s1. The summed E-state index contributed by atoms with van der Waals surface area (Å²) in [6.45, 7) is 3.14. The van der Waals surface area contributed by atoms with Crippen LogP contribution in [0.5, 0.6) is 0 Å². The predicted molar refractivity (Wildman–Crippen MR) is 82.3 cm³/mol. The maximum absolute atomic E-state index is 6.15. The van der Waals surface area contributed by atoms with Crippen molar-refractivity contribution in [3.8, 4) is 0 Å². The summed E-state index contributed by atoms with van der Waals surface area (Å²) in [5, 5.41) is 5.01.